The highest BCUT2D eigenvalue weighted by molar-refractivity contribution is 5.75. The second-order valence-corrected chi connectivity index (χ2v) is 8.53. The standard InChI is InChI=1S/C25H30N2O5/c1-2-3-4-8-11-19-14-21(28)32-24-22(19)23(29)26-25(27-24)31-20-12-18(13-20)16-30-15-17-9-6-5-7-10-17/h5-7,9-10,14,18,20H,2-4,8,11-13,15-16H2,1H3,(H,26,27,29)/t18-,20-. The van der Waals surface area contributed by atoms with Crippen molar-refractivity contribution in [2.75, 3.05) is 6.61 Å². The van der Waals surface area contributed by atoms with E-state index < -0.39 is 5.63 Å². The summed E-state index contributed by atoms with van der Waals surface area (Å²) in [6.07, 6.45) is 6.51. The summed E-state index contributed by atoms with van der Waals surface area (Å²) in [4.78, 5) is 31.7. The maximum absolute atomic E-state index is 12.7. The molecule has 32 heavy (non-hydrogen) atoms. The number of nitrogens with zero attached hydrogens (tertiary/aromatic N) is 1. The molecular weight excluding hydrogens is 408 g/mol. The maximum atomic E-state index is 12.7. The first kappa shape index (κ1) is 22.3. The van der Waals surface area contributed by atoms with Gasteiger partial charge in [-0.25, -0.2) is 4.79 Å². The van der Waals surface area contributed by atoms with Gasteiger partial charge in [-0.05, 0) is 42.7 Å². The highest BCUT2D eigenvalue weighted by Crippen LogP contribution is 2.31. The summed E-state index contributed by atoms with van der Waals surface area (Å²) in [6, 6.07) is 11.6. The van der Waals surface area contributed by atoms with E-state index in [-0.39, 0.29) is 23.4 Å². The van der Waals surface area contributed by atoms with Gasteiger partial charge in [-0.2, -0.15) is 4.98 Å². The van der Waals surface area contributed by atoms with E-state index >= 15 is 0 Å². The minimum absolute atomic E-state index is 0.0372. The zero-order valence-corrected chi connectivity index (χ0v) is 18.5. The molecule has 0 aliphatic heterocycles. The van der Waals surface area contributed by atoms with Gasteiger partial charge in [-0.3, -0.25) is 9.78 Å². The largest absolute Gasteiger partial charge is 0.461 e. The molecule has 1 aliphatic carbocycles. The van der Waals surface area contributed by atoms with Gasteiger partial charge >= 0.3 is 5.63 Å². The van der Waals surface area contributed by atoms with Crippen LogP contribution < -0.4 is 15.9 Å². The van der Waals surface area contributed by atoms with Crippen molar-refractivity contribution in [1.82, 2.24) is 9.97 Å². The molecular formula is C25H30N2O5. The monoisotopic (exact) mass is 438 g/mol. The van der Waals surface area contributed by atoms with Crippen LogP contribution in [-0.4, -0.2) is 22.7 Å². The summed E-state index contributed by atoms with van der Waals surface area (Å²) in [5.41, 5.74) is 1.06. The third-order valence-electron chi connectivity index (χ3n) is 5.91. The maximum Gasteiger partial charge on any atom is 0.337 e. The van der Waals surface area contributed by atoms with E-state index in [0.29, 0.717) is 36.5 Å². The Bertz CT molecular complexity index is 1130. The van der Waals surface area contributed by atoms with Crippen LogP contribution >= 0.6 is 0 Å². The molecule has 3 aromatic rings. The van der Waals surface area contributed by atoms with Crippen molar-refractivity contribution < 1.29 is 13.9 Å². The molecule has 0 saturated heterocycles. The van der Waals surface area contributed by atoms with Crippen molar-refractivity contribution in [3.63, 3.8) is 0 Å². The quantitative estimate of drug-likeness (QED) is 0.447. The Balaban J connectivity index is 1.33. The predicted molar refractivity (Wildman–Crippen MR) is 122 cm³/mol. The van der Waals surface area contributed by atoms with Crippen LogP contribution in [0.3, 0.4) is 0 Å². The third kappa shape index (κ3) is 5.65. The first-order valence-corrected chi connectivity index (χ1v) is 11.5. The predicted octanol–water partition coefficient (Wildman–Crippen LogP) is 4.37. The fraction of sp³-hybridized carbons (Fsp3) is 0.480. The van der Waals surface area contributed by atoms with Gasteiger partial charge in [0.1, 0.15) is 11.5 Å². The fourth-order valence-electron chi connectivity index (χ4n) is 4.11. The second-order valence-electron chi connectivity index (χ2n) is 8.53. The Morgan fingerprint density at radius 2 is 1.94 bits per heavy atom. The smallest absolute Gasteiger partial charge is 0.337 e. The summed E-state index contributed by atoms with van der Waals surface area (Å²) in [6.45, 7) is 3.42. The Morgan fingerprint density at radius 1 is 1.12 bits per heavy atom. The number of fused-ring (bicyclic) bond motifs is 1. The van der Waals surface area contributed by atoms with Gasteiger partial charge in [-0.1, -0.05) is 56.5 Å². The molecule has 170 valence electrons. The van der Waals surface area contributed by atoms with Crippen LogP contribution in [0.25, 0.3) is 11.1 Å². The number of aromatic amines is 1. The van der Waals surface area contributed by atoms with E-state index in [1.807, 2.05) is 30.3 Å². The van der Waals surface area contributed by atoms with Gasteiger partial charge in [0.25, 0.3) is 11.6 Å². The molecule has 7 nitrogen and oxygen atoms in total. The molecule has 0 radical (unpaired) electrons. The molecule has 0 bridgehead atoms. The summed E-state index contributed by atoms with van der Waals surface area (Å²) in [5.74, 6) is 0.420. The Hall–Kier alpha value is -2.93. The van der Waals surface area contributed by atoms with Crippen molar-refractivity contribution in [3.8, 4) is 6.01 Å². The van der Waals surface area contributed by atoms with Gasteiger partial charge in [0.05, 0.1) is 13.2 Å². The number of hydrogen-bond donors (Lipinski definition) is 1. The lowest BCUT2D eigenvalue weighted by Crippen LogP contribution is -2.37. The van der Waals surface area contributed by atoms with Crippen LogP contribution in [0.1, 0.15) is 56.6 Å². The van der Waals surface area contributed by atoms with Crippen molar-refractivity contribution in [2.45, 2.75) is 64.6 Å². The fourth-order valence-corrected chi connectivity index (χ4v) is 4.11. The lowest BCUT2D eigenvalue weighted by molar-refractivity contribution is -0.00616. The van der Waals surface area contributed by atoms with Crippen molar-refractivity contribution in [1.29, 1.82) is 0 Å². The highest BCUT2D eigenvalue weighted by atomic mass is 16.5. The van der Waals surface area contributed by atoms with Gasteiger partial charge in [0.2, 0.25) is 5.71 Å². The van der Waals surface area contributed by atoms with E-state index in [1.54, 1.807) is 0 Å². The van der Waals surface area contributed by atoms with Crippen molar-refractivity contribution >= 4 is 11.1 Å². The number of rotatable bonds is 11. The SMILES string of the molecule is CCCCCCc1cc(=O)oc2nc(O[C@H]3C[C@H](COCc4ccccc4)C3)[nH]c(=O)c12. The Morgan fingerprint density at radius 3 is 2.72 bits per heavy atom. The van der Waals surface area contributed by atoms with Gasteiger partial charge < -0.3 is 13.9 Å². The Labute approximate surface area is 186 Å². The minimum Gasteiger partial charge on any atom is -0.461 e. The average molecular weight is 439 g/mol. The summed E-state index contributed by atoms with van der Waals surface area (Å²) in [7, 11) is 0. The lowest BCUT2D eigenvalue weighted by Gasteiger charge is -2.34. The molecule has 7 heteroatoms. The number of aromatic nitrogens is 2. The Kier molecular flexibility index (Phi) is 7.37. The van der Waals surface area contributed by atoms with Crippen molar-refractivity contribution in [2.24, 2.45) is 5.92 Å². The molecule has 2 heterocycles. The molecule has 0 spiro atoms. The van der Waals surface area contributed by atoms with E-state index in [1.165, 1.54) is 6.07 Å². The summed E-state index contributed by atoms with van der Waals surface area (Å²) in [5, 5.41) is 0.342. The van der Waals surface area contributed by atoms with Crippen LogP contribution in [0.5, 0.6) is 6.01 Å². The van der Waals surface area contributed by atoms with Gasteiger partial charge in [-0.15, -0.1) is 0 Å². The number of ether oxygens (including phenoxy) is 2. The lowest BCUT2D eigenvalue weighted by atomic mass is 9.83. The van der Waals surface area contributed by atoms with Crippen LogP contribution in [0, 0.1) is 5.92 Å². The van der Waals surface area contributed by atoms with Crippen molar-refractivity contribution in [3.05, 3.63) is 68.3 Å². The first-order chi connectivity index (χ1) is 15.6. The highest BCUT2D eigenvalue weighted by Gasteiger charge is 2.31. The first-order valence-electron chi connectivity index (χ1n) is 11.5. The molecule has 1 aliphatic rings. The van der Waals surface area contributed by atoms with E-state index in [0.717, 1.165) is 44.1 Å². The topological polar surface area (TPSA) is 94.4 Å². The zero-order valence-electron chi connectivity index (χ0n) is 18.5. The van der Waals surface area contributed by atoms with Crippen LogP contribution in [0.2, 0.25) is 0 Å². The molecule has 0 atom stereocenters. The van der Waals surface area contributed by atoms with Crippen LogP contribution in [0.4, 0.5) is 0 Å². The molecule has 1 saturated carbocycles. The molecule has 2 aromatic heterocycles. The van der Waals surface area contributed by atoms with Crippen LogP contribution in [0.15, 0.2) is 50.4 Å². The summed E-state index contributed by atoms with van der Waals surface area (Å²) < 4.78 is 16.9. The van der Waals surface area contributed by atoms with Crippen LogP contribution in [-0.2, 0) is 17.8 Å². The van der Waals surface area contributed by atoms with Gasteiger partial charge in [0.15, 0.2) is 0 Å². The third-order valence-corrected chi connectivity index (χ3v) is 5.91. The summed E-state index contributed by atoms with van der Waals surface area (Å²) >= 11 is 0. The number of H-pyrrole nitrogens is 1. The minimum atomic E-state index is -0.494. The zero-order chi connectivity index (χ0) is 22.3. The molecule has 1 aromatic carbocycles. The number of benzene rings is 1. The number of aryl methyl sites for hydroxylation is 1. The molecule has 1 N–H and O–H groups in total. The number of unbranched alkanes of at least 4 members (excludes halogenated alkanes) is 3. The molecule has 0 amide bonds. The van der Waals surface area contributed by atoms with E-state index in [9.17, 15) is 9.59 Å². The molecule has 1 fully saturated rings. The second kappa shape index (κ2) is 10.6. The number of nitrogens with one attached hydrogen (secondary N) is 1. The number of hydrogen-bond acceptors (Lipinski definition) is 6. The normalized spacial score (nSPS) is 17.9. The molecule has 0 unspecified atom stereocenters. The van der Waals surface area contributed by atoms with E-state index in [2.05, 4.69) is 16.9 Å². The van der Waals surface area contributed by atoms with Gasteiger partial charge in [0, 0.05) is 6.07 Å². The average Bonchev–Trinajstić information content (AvgIpc) is 2.75. The van der Waals surface area contributed by atoms with E-state index in [4.69, 9.17) is 13.9 Å². The molecule has 4 rings (SSSR count).